The van der Waals surface area contributed by atoms with Crippen molar-refractivity contribution >= 4 is 36.0 Å². The summed E-state index contributed by atoms with van der Waals surface area (Å²) >= 11 is 0. The number of ether oxygens (including phenoxy) is 1. The van der Waals surface area contributed by atoms with E-state index in [1.807, 2.05) is 26.2 Å². The van der Waals surface area contributed by atoms with Crippen LogP contribution in [0.15, 0.2) is 17.4 Å². The highest BCUT2D eigenvalue weighted by molar-refractivity contribution is 14.0. The summed E-state index contributed by atoms with van der Waals surface area (Å²) in [7, 11) is 0. The van der Waals surface area contributed by atoms with Crippen LogP contribution in [0.5, 0.6) is 0 Å². The number of aromatic nitrogens is 2. The van der Waals surface area contributed by atoms with Gasteiger partial charge in [-0.15, -0.1) is 24.0 Å². The molecular weight excluding hydrogens is 447 g/mol. The molecule has 26 heavy (non-hydrogen) atoms. The van der Waals surface area contributed by atoms with E-state index in [0.29, 0.717) is 32.2 Å². The van der Waals surface area contributed by atoms with E-state index in [0.717, 1.165) is 38.1 Å². The lowest BCUT2D eigenvalue weighted by Gasteiger charge is -2.31. The number of nitrogens with one attached hydrogen (secondary N) is 1. The first-order valence-electron chi connectivity index (χ1n) is 9.06. The van der Waals surface area contributed by atoms with Crippen LogP contribution in [0.25, 0.3) is 0 Å². The number of carbonyl (C=O) groups excluding carboxylic acids is 1. The van der Waals surface area contributed by atoms with Crippen LogP contribution >= 0.6 is 24.0 Å². The largest absolute Gasteiger partial charge is 0.450 e. The Morgan fingerprint density at radius 2 is 2.15 bits per heavy atom. The maximum Gasteiger partial charge on any atom is 0.409 e. The molecule has 8 nitrogen and oxygen atoms in total. The molecule has 0 spiro atoms. The molecule has 0 aliphatic carbocycles. The van der Waals surface area contributed by atoms with E-state index in [9.17, 15) is 4.79 Å². The predicted molar refractivity (Wildman–Crippen MR) is 113 cm³/mol. The van der Waals surface area contributed by atoms with Gasteiger partial charge in [-0.1, -0.05) is 0 Å². The molecule has 1 saturated heterocycles. The van der Waals surface area contributed by atoms with Gasteiger partial charge in [-0.25, -0.2) is 9.78 Å². The molecule has 2 heterocycles. The summed E-state index contributed by atoms with van der Waals surface area (Å²) in [5, 5.41) is 3.26. The SMILES string of the molecule is CCOC(=O)N1CCC(NC(N)=NCCCCn2ccnc2C)CC1.I. The highest BCUT2D eigenvalue weighted by atomic mass is 127. The number of aliphatic imine (C=N–C) groups is 1. The van der Waals surface area contributed by atoms with E-state index in [4.69, 9.17) is 10.5 Å². The third-order valence-corrected chi connectivity index (χ3v) is 4.39. The van der Waals surface area contributed by atoms with Gasteiger partial charge in [0.15, 0.2) is 5.96 Å². The van der Waals surface area contributed by atoms with Crippen LogP contribution in [0, 0.1) is 6.92 Å². The van der Waals surface area contributed by atoms with Gasteiger partial charge in [0.25, 0.3) is 0 Å². The molecule has 1 aromatic rings. The molecule has 9 heteroatoms. The number of aryl methyl sites for hydroxylation is 2. The van der Waals surface area contributed by atoms with Crippen LogP contribution < -0.4 is 11.1 Å². The Bertz CT molecular complexity index is 569. The average molecular weight is 478 g/mol. The molecule has 1 aromatic heterocycles. The van der Waals surface area contributed by atoms with Crippen LogP contribution in [0.3, 0.4) is 0 Å². The minimum atomic E-state index is -0.226. The van der Waals surface area contributed by atoms with Gasteiger partial charge in [-0.05, 0) is 39.5 Å². The van der Waals surface area contributed by atoms with Crippen molar-refractivity contribution in [2.75, 3.05) is 26.2 Å². The third-order valence-electron chi connectivity index (χ3n) is 4.39. The molecule has 0 aromatic carbocycles. The zero-order valence-corrected chi connectivity index (χ0v) is 18.0. The molecular formula is C17H31IN6O2. The second-order valence-corrected chi connectivity index (χ2v) is 6.25. The number of unbranched alkanes of at least 4 members (excludes halogenated alkanes) is 1. The lowest BCUT2D eigenvalue weighted by atomic mass is 10.1. The van der Waals surface area contributed by atoms with Crippen molar-refractivity contribution in [3.8, 4) is 0 Å². The maximum absolute atomic E-state index is 11.7. The number of nitrogens with two attached hydrogens (primary N) is 1. The lowest BCUT2D eigenvalue weighted by molar-refractivity contribution is 0.0963. The molecule has 148 valence electrons. The van der Waals surface area contributed by atoms with Crippen molar-refractivity contribution in [2.45, 2.75) is 52.1 Å². The maximum atomic E-state index is 11.7. The van der Waals surface area contributed by atoms with Crippen LogP contribution in [0.2, 0.25) is 0 Å². The Balaban J connectivity index is 0.00000338. The highest BCUT2D eigenvalue weighted by Gasteiger charge is 2.23. The van der Waals surface area contributed by atoms with Gasteiger partial charge in [0, 0.05) is 44.6 Å². The molecule has 1 aliphatic rings. The summed E-state index contributed by atoms with van der Waals surface area (Å²) in [5.41, 5.74) is 5.97. The summed E-state index contributed by atoms with van der Waals surface area (Å²) in [6.45, 7) is 7.29. The van der Waals surface area contributed by atoms with Gasteiger partial charge in [0.2, 0.25) is 0 Å². The molecule has 0 unspecified atom stereocenters. The van der Waals surface area contributed by atoms with E-state index in [1.54, 1.807) is 4.90 Å². The molecule has 0 bridgehead atoms. The predicted octanol–water partition coefficient (Wildman–Crippen LogP) is 2.11. The van der Waals surface area contributed by atoms with Crippen molar-refractivity contribution in [2.24, 2.45) is 10.7 Å². The van der Waals surface area contributed by atoms with Crippen molar-refractivity contribution in [1.82, 2.24) is 19.8 Å². The van der Waals surface area contributed by atoms with Crippen LogP contribution in [0.1, 0.15) is 38.4 Å². The van der Waals surface area contributed by atoms with E-state index >= 15 is 0 Å². The van der Waals surface area contributed by atoms with Crippen LogP contribution in [-0.4, -0.2) is 58.8 Å². The number of likely N-dealkylation sites (tertiary alicyclic amines) is 1. The first kappa shape index (κ1) is 22.5. The van der Waals surface area contributed by atoms with Gasteiger partial charge < -0.3 is 25.3 Å². The number of halogens is 1. The number of guanidine groups is 1. The van der Waals surface area contributed by atoms with Crippen LogP contribution in [0.4, 0.5) is 4.79 Å². The molecule has 0 saturated carbocycles. The van der Waals surface area contributed by atoms with E-state index in [1.165, 1.54) is 0 Å². The first-order chi connectivity index (χ1) is 12.1. The zero-order chi connectivity index (χ0) is 18.1. The zero-order valence-electron chi connectivity index (χ0n) is 15.7. The monoisotopic (exact) mass is 478 g/mol. The number of imidazole rings is 1. The normalized spacial score (nSPS) is 15.5. The number of hydrogen-bond acceptors (Lipinski definition) is 4. The molecule has 1 aliphatic heterocycles. The molecule has 1 amide bonds. The fourth-order valence-electron chi connectivity index (χ4n) is 2.91. The molecule has 1 fully saturated rings. The van der Waals surface area contributed by atoms with E-state index in [2.05, 4.69) is 19.9 Å². The summed E-state index contributed by atoms with van der Waals surface area (Å²) < 4.78 is 7.16. The van der Waals surface area contributed by atoms with Gasteiger partial charge in [-0.2, -0.15) is 0 Å². The third kappa shape index (κ3) is 7.38. The topological polar surface area (TPSA) is 97.8 Å². The number of nitrogens with zero attached hydrogens (tertiary/aromatic N) is 4. The summed E-state index contributed by atoms with van der Waals surface area (Å²) in [4.78, 5) is 22.0. The Morgan fingerprint density at radius 1 is 1.42 bits per heavy atom. The average Bonchev–Trinajstić information content (AvgIpc) is 3.00. The minimum Gasteiger partial charge on any atom is -0.450 e. The van der Waals surface area contributed by atoms with Crippen molar-refractivity contribution in [1.29, 1.82) is 0 Å². The number of piperidine rings is 1. The highest BCUT2D eigenvalue weighted by Crippen LogP contribution is 2.11. The summed E-state index contributed by atoms with van der Waals surface area (Å²) in [6.07, 6.45) is 7.34. The minimum absolute atomic E-state index is 0. The first-order valence-corrected chi connectivity index (χ1v) is 9.06. The molecule has 3 N–H and O–H groups in total. The number of amides is 1. The Morgan fingerprint density at radius 3 is 2.77 bits per heavy atom. The van der Waals surface area contributed by atoms with Crippen molar-refractivity contribution in [3.05, 3.63) is 18.2 Å². The smallest absolute Gasteiger partial charge is 0.409 e. The van der Waals surface area contributed by atoms with Crippen molar-refractivity contribution < 1.29 is 9.53 Å². The fraction of sp³-hybridized carbons (Fsp3) is 0.706. The second kappa shape index (κ2) is 12.0. The van der Waals surface area contributed by atoms with Gasteiger partial charge in [0.05, 0.1) is 6.61 Å². The number of hydrogen-bond donors (Lipinski definition) is 2. The molecule has 0 atom stereocenters. The van der Waals surface area contributed by atoms with Gasteiger partial charge in [-0.3, -0.25) is 4.99 Å². The Hall–Kier alpha value is -1.52. The van der Waals surface area contributed by atoms with Gasteiger partial charge >= 0.3 is 6.09 Å². The van der Waals surface area contributed by atoms with Crippen molar-refractivity contribution in [3.63, 3.8) is 0 Å². The summed E-state index contributed by atoms with van der Waals surface area (Å²) in [5.74, 6) is 1.53. The van der Waals surface area contributed by atoms with Gasteiger partial charge in [0.1, 0.15) is 5.82 Å². The molecule has 2 rings (SSSR count). The number of rotatable bonds is 7. The quantitative estimate of drug-likeness (QED) is 0.271. The Kier molecular flexibility index (Phi) is 10.4. The summed E-state index contributed by atoms with van der Waals surface area (Å²) in [6, 6.07) is 0.267. The number of carbonyl (C=O) groups is 1. The fourth-order valence-corrected chi connectivity index (χ4v) is 2.91. The lowest BCUT2D eigenvalue weighted by Crippen LogP contribution is -2.48. The van der Waals surface area contributed by atoms with Crippen LogP contribution in [-0.2, 0) is 11.3 Å². The Labute approximate surface area is 172 Å². The van der Waals surface area contributed by atoms with E-state index < -0.39 is 0 Å². The molecule has 0 radical (unpaired) electrons. The second-order valence-electron chi connectivity index (χ2n) is 6.25. The standard InChI is InChI=1S/C17H30N6O2.HI/c1-3-25-17(24)23-11-6-15(7-12-23)21-16(18)20-8-4-5-10-22-13-9-19-14(22)2;/h9,13,15H,3-8,10-12H2,1-2H3,(H3,18,20,21);1H. The van der Waals surface area contributed by atoms with E-state index in [-0.39, 0.29) is 36.1 Å².